The van der Waals surface area contributed by atoms with Crippen molar-refractivity contribution < 1.29 is 4.42 Å². The van der Waals surface area contributed by atoms with Crippen molar-refractivity contribution in [2.45, 2.75) is 25.7 Å². The molecule has 0 fully saturated rings. The Morgan fingerprint density at radius 3 is 3.00 bits per heavy atom. The highest BCUT2D eigenvalue weighted by Crippen LogP contribution is 2.25. The molecular formula is C10H12BrN3O. The molecule has 0 N–H and O–H groups in total. The maximum absolute atomic E-state index is 5.40. The second kappa shape index (κ2) is 4.18. The van der Waals surface area contributed by atoms with E-state index in [-0.39, 0.29) is 0 Å². The molecule has 0 spiro atoms. The maximum Gasteiger partial charge on any atom is 0.181 e. The van der Waals surface area contributed by atoms with E-state index in [1.807, 2.05) is 17.7 Å². The lowest BCUT2D eigenvalue weighted by Gasteiger charge is -2.01. The number of halogens is 1. The fourth-order valence-electron chi connectivity index (χ4n) is 1.54. The minimum absolute atomic E-state index is 0.687. The van der Waals surface area contributed by atoms with Crippen molar-refractivity contribution in [1.29, 1.82) is 0 Å². The summed E-state index contributed by atoms with van der Waals surface area (Å²) in [5.74, 6) is 0.800. The Labute approximate surface area is 96.4 Å². The van der Waals surface area contributed by atoms with Crippen LogP contribution in [-0.2, 0) is 11.9 Å². The number of aryl methyl sites for hydroxylation is 2. The van der Waals surface area contributed by atoms with E-state index in [1.165, 1.54) is 6.39 Å². The summed E-state index contributed by atoms with van der Waals surface area (Å²) in [4.78, 5) is 4.14. The lowest BCUT2D eigenvalue weighted by Crippen LogP contribution is -1.99. The number of aromatic nitrogens is 3. The van der Waals surface area contributed by atoms with Crippen LogP contribution in [0, 0.1) is 6.92 Å². The Morgan fingerprint density at radius 2 is 2.33 bits per heavy atom. The predicted molar refractivity (Wildman–Crippen MR) is 60.8 cm³/mol. The van der Waals surface area contributed by atoms with Gasteiger partial charge in [-0.1, -0.05) is 15.9 Å². The van der Waals surface area contributed by atoms with Crippen molar-refractivity contribution in [1.82, 2.24) is 14.8 Å². The molecule has 2 heterocycles. The van der Waals surface area contributed by atoms with Crippen LogP contribution < -0.4 is 0 Å². The number of alkyl halides is 1. The van der Waals surface area contributed by atoms with E-state index in [2.05, 4.69) is 32.9 Å². The van der Waals surface area contributed by atoms with Gasteiger partial charge < -0.3 is 4.42 Å². The molecule has 0 bridgehead atoms. The molecule has 4 nitrogen and oxygen atoms in total. The molecule has 2 aromatic heterocycles. The summed E-state index contributed by atoms with van der Waals surface area (Å²) >= 11 is 3.39. The van der Waals surface area contributed by atoms with E-state index in [4.69, 9.17) is 4.42 Å². The lowest BCUT2D eigenvalue weighted by atomic mass is 10.2. The molecule has 0 aliphatic rings. The summed E-state index contributed by atoms with van der Waals surface area (Å²) in [6.07, 6.45) is 1.47. The molecule has 0 saturated heterocycles. The van der Waals surface area contributed by atoms with Crippen molar-refractivity contribution in [3.05, 3.63) is 23.8 Å². The van der Waals surface area contributed by atoms with Gasteiger partial charge in [-0.2, -0.15) is 5.10 Å². The molecule has 0 radical (unpaired) electrons. The van der Waals surface area contributed by atoms with Gasteiger partial charge in [-0.3, -0.25) is 4.68 Å². The topological polar surface area (TPSA) is 43.9 Å². The zero-order valence-electron chi connectivity index (χ0n) is 8.70. The van der Waals surface area contributed by atoms with Gasteiger partial charge in [0.1, 0.15) is 5.69 Å². The molecule has 0 saturated carbocycles. The second-order valence-electron chi connectivity index (χ2n) is 3.25. The quantitative estimate of drug-likeness (QED) is 0.805. The Kier molecular flexibility index (Phi) is 2.90. The third-order valence-corrected chi connectivity index (χ3v) is 2.73. The standard InChI is InChI=1S/C10H12BrN3O/c1-3-14-9(4-7(2)13-14)10-8(5-11)12-6-15-10/h4,6H,3,5H2,1-2H3. The van der Waals surface area contributed by atoms with Gasteiger partial charge >= 0.3 is 0 Å². The average Bonchev–Trinajstić information content (AvgIpc) is 2.82. The van der Waals surface area contributed by atoms with Gasteiger partial charge in [-0.15, -0.1) is 0 Å². The maximum atomic E-state index is 5.40. The minimum atomic E-state index is 0.687. The number of rotatable bonds is 3. The fraction of sp³-hybridized carbons (Fsp3) is 0.400. The fourth-order valence-corrected chi connectivity index (χ4v) is 1.94. The molecule has 2 rings (SSSR count). The van der Waals surface area contributed by atoms with Gasteiger partial charge in [0.05, 0.1) is 11.4 Å². The summed E-state index contributed by atoms with van der Waals surface area (Å²) in [5.41, 5.74) is 2.88. The van der Waals surface area contributed by atoms with Crippen molar-refractivity contribution >= 4 is 15.9 Å². The van der Waals surface area contributed by atoms with Crippen molar-refractivity contribution in [2.24, 2.45) is 0 Å². The van der Waals surface area contributed by atoms with Crippen molar-refractivity contribution in [2.75, 3.05) is 0 Å². The molecule has 0 aliphatic carbocycles. The lowest BCUT2D eigenvalue weighted by molar-refractivity contribution is 0.556. The highest BCUT2D eigenvalue weighted by molar-refractivity contribution is 9.08. The first-order valence-corrected chi connectivity index (χ1v) is 5.91. The summed E-state index contributed by atoms with van der Waals surface area (Å²) < 4.78 is 7.31. The zero-order valence-corrected chi connectivity index (χ0v) is 10.3. The Morgan fingerprint density at radius 1 is 1.53 bits per heavy atom. The van der Waals surface area contributed by atoms with E-state index in [0.717, 1.165) is 29.4 Å². The number of nitrogens with zero attached hydrogens (tertiary/aromatic N) is 3. The Bertz CT molecular complexity index is 461. The van der Waals surface area contributed by atoms with Crippen molar-refractivity contribution in [3.8, 4) is 11.5 Å². The van der Waals surface area contributed by atoms with Crippen LogP contribution in [0.2, 0.25) is 0 Å². The molecular weight excluding hydrogens is 258 g/mol. The third kappa shape index (κ3) is 1.84. The summed E-state index contributed by atoms with van der Waals surface area (Å²) in [5, 5.41) is 5.06. The first-order chi connectivity index (χ1) is 7.26. The van der Waals surface area contributed by atoms with Crippen LogP contribution in [0.1, 0.15) is 18.3 Å². The van der Waals surface area contributed by atoms with Crippen LogP contribution in [-0.4, -0.2) is 14.8 Å². The van der Waals surface area contributed by atoms with E-state index < -0.39 is 0 Å². The molecule has 0 unspecified atom stereocenters. The summed E-state index contributed by atoms with van der Waals surface area (Å²) in [6.45, 7) is 4.85. The van der Waals surface area contributed by atoms with Crippen molar-refractivity contribution in [3.63, 3.8) is 0 Å². The van der Waals surface area contributed by atoms with Gasteiger partial charge in [0.25, 0.3) is 0 Å². The molecule has 15 heavy (non-hydrogen) atoms. The molecule has 0 atom stereocenters. The smallest absolute Gasteiger partial charge is 0.181 e. The van der Waals surface area contributed by atoms with Crippen LogP contribution in [0.4, 0.5) is 0 Å². The predicted octanol–water partition coefficient (Wildman–Crippen LogP) is 2.76. The van der Waals surface area contributed by atoms with Crippen LogP contribution in [0.15, 0.2) is 16.9 Å². The first-order valence-electron chi connectivity index (χ1n) is 4.79. The summed E-state index contributed by atoms with van der Waals surface area (Å²) in [7, 11) is 0. The molecule has 5 heteroatoms. The normalized spacial score (nSPS) is 10.9. The monoisotopic (exact) mass is 269 g/mol. The zero-order chi connectivity index (χ0) is 10.8. The molecule has 80 valence electrons. The van der Waals surface area contributed by atoms with Gasteiger partial charge in [-0.25, -0.2) is 4.98 Å². The number of oxazole rings is 1. The second-order valence-corrected chi connectivity index (χ2v) is 3.81. The highest BCUT2D eigenvalue weighted by Gasteiger charge is 2.14. The van der Waals surface area contributed by atoms with E-state index >= 15 is 0 Å². The van der Waals surface area contributed by atoms with Gasteiger partial charge in [0, 0.05) is 11.9 Å². The molecule has 0 aromatic carbocycles. The number of hydrogen-bond donors (Lipinski definition) is 0. The molecule has 0 amide bonds. The Hall–Kier alpha value is -1.10. The van der Waals surface area contributed by atoms with Crippen LogP contribution in [0.25, 0.3) is 11.5 Å². The van der Waals surface area contributed by atoms with Crippen LogP contribution >= 0.6 is 15.9 Å². The molecule has 2 aromatic rings. The first kappa shape index (κ1) is 10.4. The largest absolute Gasteiger partial charge is 0.442 e. The van der Waals surface area contributed by atoms with Gasteiger partial charge in [0.2, 0.25) is 0 Å². The van der Waals surface area contributed by atoms with E-state index in [9.17, 15) is 0 Å². The van der Waals surface area contributed by atoms with E-state index in [0.29, 0.717) is 5.33 Å². The van der Waals surface area contributed by atoms with Gasteiger partial charge in [-0.05, 0) is 19.9 Å². The third-order valence-electron chi connectivity index (χ3n) is 2.20. The molecule has 0 aliphatic heterocycles. The van der Waals surface area contributed by atoms with E-state index in [1.54, 1.807) is 0 Å². The Balaban J connectivity index is 2.52. The highest BCUT2D eigenvalue weighted by atomic mass is 79.9. The van der Waals surface area contributed by atoms with Crippen LogP contribution in [0.5, 0.6) is 0 Å². The number of hydrogen-bond acceptors (Lipinski definition) is 3. The SMILES string of the molecule is CCn1nc(C)cc1-c1ocnc1CBr. The van der Waals surface area contributed by atoms with Gasteiger partial charge in [0.15, 0.2) is 12.2 Å². The minimum Gasteiger partial charge on any atom is -0.442 e. The average molecular weight is 270 g/mol. The summed E-state index contributed by atoms with van der Waals surface area (Å²) in [6, 6.07) is 2.01. The van der Waals surface area contributed by atoms with Crippen LogP contribution in [0.3, 0.4) is 0 Å².